The normalized spacial score (nSPS) is 10.9. The highest BCUT2D eigenvalue weighted by atomic mass is 79.9. The number of amides is 1. The number of nitrogens with two attached hydrogens (primary N) is 1. The minimum absolute atomic E-state index is 0. The summed E-state index contributed by atoms with van der Waals surface area (Å²) in [4.78, 5) is 13.8. The monoisotopic (exact) mass is 388 g/mol. The molecule has 3 nitrogen and oxygen atoms in total. The molecule has 6 heteroatoms. The number of carbonyl (C=O) groups excluding carboxylic acids is 1. The number of hydrogen-bond donors (Lipinski definition) is 2. The highest BCUT2D eigenvalue weighted by molar-refractivity contribution is 9.10. The minimum Gasteiger partial charge on any atom is -0.350 e. The first kappa shape index (κ1) is 18.2. The summed E-state index contributed by atoms with van der Waals surface area (Å²) in [5.41, 5.74) is 6.56. The zero-order valence-corrected chi connectivity index (χ0v) is 15.1. The predicted octanol–water partition coefficient (Wildman–Crippen LogP) is 4.07. The van der Waals surface area contributed by atoms with Crippen LogP contribution in [0, 0.1) is 0 Å². The number of rotatable bonds is 4. The van der Waals surface area contributed by atoms with Crippen molar-refractivity contribution in [2.45, 2.75) is 19.4 Å². The highest BCUT2D eigenvalue weighted by Gasteiger charge is 2.15. The number of thiophene rings is 1. The third-order valence-corrected chi connectivity index (χ3v) is 4.32. The molecule has 21 heavy (non-hydrogen) atoms. The van der Waals surface area contributed by atoms with Gasteiger partial charge in [0, 0.05) is 21.4 Å². The summed E-state index contributed by atoms with van der Waals surface area (Å²) in [7, 11) is 0. The van der Waals surface area contributed by atoms with Crippen molar-refractivity contribution in [1.82, 2.24) is 5.32 Å². The van der Waals surface area contributed by atoms with Gasteiger partial charge in [-0.2, -0.15) is 0 Å². The van der Waals surface area contributed by atoms with Gasteiger partial charge in [-0.15, -0.1) is 23.7 Å². The van der Waals surface area contributed by atoms with E-state index in [9.17, 15) is 4.79 Å². The predicted molar refractivity (Wildman–Crippen MR) is 95.3 cm³/mol. The lowest BCUT2D eigenvalue weighted by Gasteiger charge is -2.18. The van der Waals surface area contributed by atoms with E-state index in [0.29, 0.717) is 11.4 Å². The molecule has 1 amide bonds. The van der Waals surface area contributed by atoms with Crippen molar-refractivity contribution >= 4 is 45.6 Å². The zero-order chi connectivity index (χ0) is 14.8. The van der Waals surface area contributed by atoms with Gasteiger partial charge in [0.1, 0.15) is 0 Å². The van der Waals surface area contributed by atoms with Gasteiger partial charge in [-0.25, -0.2) is 0 Å². The maximum Gasteiger partial charge on any atom is 0.261 e. The Hall–Kier alpha value is -0.880. The van der Waals surface area contributed by atoms with Crippen LogP contribution in [0.1, 0.15) is 23.5 Å². The Kier molecular flexibility index (Phi) is 6.41. The summed E-state index contributed by atoms with van der Waals surface area (Å²) in [5, 5.41) is 2.85. The van der Waals surface area contributed by atoms with E-state index in [-0.39, 0.29) is 18.3 Å². The first-order valence-corrected chi connectivity index (χ1v) is 7.89. The van der Waals surface area contributed by atoms with Crippen molar-refractivity contribution < 1.29 is 4.79 Å². The molecule has 1 heterocycles. The van der Waals surface area contributed by atoms with Crippen LogP contribution in [-0.2, 0) is 0 Å². The van der Waals surface area contributed by atoms with Gasteiger partial charge in [0.2, 0.25) is 0 Å². The highest BCUT2D eigenvalue weighted by Crippen LogP contribution is 2.29. The smallest absolute Gasteiger partial charge is 0.261 e. The summed E-state index contributed by atoms with van der Waals surface area (Å²) in [6.45, 7) is 4.22. The van der Waals surface area contributed by atoms with Crippen molar-refractivity contribution in [2.24, 2.45) is 5.73 Å². The molecule has 114 valence electrons. The molecule has 2 aromatic rings. The molecule has 1 aromatic carbocycles. The quantitative estimate of drug-likeness (QED) is 0.828. The minimum atomic E-state index is -0.401. The standard InChI is InChI=1S/C15H17BrN2OS.ClH/c1-15(2,17)9-18-14(19)13-8-7-12(20-13)10-3-5-11(16)6-4-10;/h3-8H,9,17H2,1-2H3,(H,18,19);1H. The van der Waals surface area contributed by atoms with E-state index in [1.807, 2.05) is 50.2 Å². The molecule has 0 fully saturated rings. The van der Waals surface area contributed by atoms with Gasteiger partial charge < -0.3 is 11.1 Å². The van der Waals surface area contributed by atoms with Crippen molar-refractivity contribution in [1.29, 1.82) is 0 Å². The summed E-state index contributed by atoms with van der Waals surface area (Å²) in [6.07, 6.45) is 0. The van der Waals surface area contributed by atoms with E-state index in [1.54, 1.807) is 0 Å². The molecular formula is C15H18BrClN2OS. The SMILES string of the molecule is CC(C)(N)CNC(=O)c1ccc(-c2ccc(Br)cc2)s1.Cl. The Balaban J connectivity index is 0.00000220. The number of nitrogens with one attached hydrogen (secondary N) is 1. The fraction of sp³-hybridized carbons (Fsp3) is 0.267. The molecule has 0 bridgehead atoms. The Bertz CT molecular complexity index is 605. The van der Waals surface area contributed by atoms with Crippen LogP contribution in [0.3, 0.4) is 0 Å². The van der Waals surface area contributed by atoms with Crippen molar-refractivity contribution in [3.8, 4) is 10.4 Å². The second-order valence-corrected chi connectivity index (χ2v) is 7.34. The van der Waals surface area contributed by atoms with Crippen LogP contribution >= 0.6 is 39.7 Å². The van der Waals surface area contributed by atoms with Gasteiger partial charge in [0.05, 0.1) is 4.88 Å². The number of halogens is 2. The van der Waals surface area contributed by atoms with Crippen molar-refractivity contribution in [3.05, 3.63) is 45.7 Å². The van der Waals surface area contributed by atoms with Crippen molar-refractivity contribution in [2.75, 3.05) is 6.54 Å². The van der Waals surface area contributed by atoms with Crippen LogP contribution in [0.25, 0.3) is 10.4 Å². The summed E-state index contributed by atoms with van der Waals surface area (Å²) in [6, 6.07) is 11.9. The molecule has 0 spiro atoms. The molecule has 3 N–H and O–H groups in total. The molecule has 0 unspecified atom stereocenters. The van der Waals surface area contributed by atoms with Crippen LogP contribution in [-0.4, -0.2) is 18.0 Å². The molecule has 0 atom stereocenters. The molecule has 0 aliphatic heterocycles. The van der Waals surface area contributed by atoms with Gasteiger partial charge in [-0.3, -0.25) is 4.79 Å². The average Bonchev–Trinajstić information content (AvgIpc) is 2.85. The average molecular weight is 390 g/mol. The maximum atomic E-state index is 12.0. The number of carbonyl (C=O) groups is 1. The first-order valence-electron chi connectivity index (χ1n) is 6.28. The molecular weight excluding hydrogens is 372 g/mol. The second-order valence-electron chi connectivity index (χ2n) is 5.34. The summed E-state index contributed by atoms with van der Waals surface area (Å²) < 4.78 is 1.04. The van der Waals surface area contributed by atoms with Crippen LogP contribution in [0.2, 0.25) is 0 Å². The largest absolute Gasteiger partial charge is 0.350 e. The third-order valence-electron chi connectivity index (χ3n) is 2.66. The fourth-order valence-corrected chi connectivity index (χ4v) is 2.82. The second kappa shape index (κ2) is 7.40. The molecule has 0 radical (unpaired) electrons. The first-order chi connectivity index (χ1) is 9.35. The topological polar surface area (TPSA) is 55.1 Å². The Morgan fingerprint density at radius 2 is 1.86 bits per heavy atom. The summed E-state index contributed by atoms with van der Waals surface area (Å²) in [5.74, 6) is -0.0723. The van der Waals surface area contributed by atoms with Crippen LogP contribution in [0.15, 0.2) is 40.9 Å². The molecule has 0 saturated heterocycles. The third kappa shape index (κ3) is 5.43. The Labute approximate surface area is 143 Å². The van der Waals surface area contributed by atoms with E-state index < -0.39 is 5.54 Å². The lowest BCUT2D eigenvalue weighted by Crippen LogP contribution is -2.44. The van der Waals surface area contributed by atoms with Gasteiger partial charge in [-0.05, 0) is 43.7 Å². The maximum absolute atomic E-state index is 12.0. The lowest BCUT2D eigenvalue weighted by atomic mass is 10.1. The zero-order valence-electron chi connectivity index (χ0n) is 11.9. The molecule has 2 rings (SSSR count). The van der Waals surface area contributed by atoms with Crippen molar-refractivity contribution in [3.63, 3.8) is 0 Å². The van der Waals surface area contributed by atoms with E-state index in [2.05, 4.69) is 21.2 Å². The fourth-order valence-electron chi connectivity index (χ4n) is 1.62. The summed E-state index contributed by atoms with van der Waals surface area (Å²) >= 11 is 4.90. The van der Waals surface area contributed by atoms with Crippen LogP contribution in [0.4, 0.5) is 0 Å². The van der Waals surface area contributed by atoms with Crippen LogP contribution in [0.5, 0.6) is 0 Å². The van der Waals surface area contributed by atoms with Gasteiger partial charge >= 0.3 is 0 Å². The van der Waals surface area contributed by atoms with Gasteiger partial charge in [-0.1, -0.05) is 28.1 Å². The Morgan fingerprint density at radius 3 is 2.43 bits per heavy atom. The molecule has 0 saturated carbocycles. The van der Waals surface area contributed by atoms with Gasteiger partial charge in [0.15, 0.2) is 0 Å². The van der Waals surface area contributed by atoms with E-state index in [4.69, 9.17) is 5.73 Å². The number of benzene rings is 1. The molecule has 1 aromatic heterocycles. The molecule has 0 aliphatic rings. The lowest BCUT2D eigenvalue weighted by molar-refractivity contribution is 0.0950. The van der Waals surface area contributed by atoms with E-state index in [1.165, 1.54) is 11.3 Å². The van der Waals surface area contributed by atoms with Gasteiger partial charge in [0.25, 0.3) is 5.91 Å². The Morgan fingerprint density at radius 1 is 1.24 bits per heavy atom. The van der Waals surface area contributed by atoms with Crippen LogP contribution < -0.4 is 11.1 Å². The van der Waals surface area contributed by atoms with E-state index in [0.717, 1.165) is 14.9 Å². The van der Waals surface area contributed by atoms with E-state index >= 15 is 0 Å². The molecule has 0 aliphatic carbocycles. The number of hydrogen-bond acceptors (Lipinski definition) is 3.